The van der Waals surface area contributed by atoms with Crippen LogP contribution in [-0.4, -0.2) is 15.9 Å². The molecule has 0 atom stereocenters. The number of carbonyl (C=O) groups excluding carboxylic acids is 1. The number of furan rings is 1. The summed E-state index contributed by atoms with van der Waals surface area (Å²) in [5, 5.41) is 2.77. The van der Waals surface area contributed by atoms with Crippen LogP contribution < -0.4 is 5.32 Å². The molecule has 100 valence electrons. The third-order valence-electron chi connectivity index (χ3n) is 2.90. The van der Waals surface area contributed by atoms with Crippen molar-refractivity contribution in [3.05, 3.63) is 60.4 Å². The average Bonchev–Trinajstić information content (AvgIpc) is 3.10. The van der Waals surface area contributed by atoms with Gasteiger partial charge in [-0.1, -0.05) is 12.1 Å². The molecule has 1 amide bonds. The lowest BCUT2D eigenvalue weighted by Crippen LogP contribution is -2.10. The molecule has 5 nitrogen and oxygen atoms in total. The summed E-state index contributed by atoms with van der Waals surface area (Å²) in [6, 6.07) is 10.8. The van der Waals surface area contributed by atoms with Gasteiger partial charge in [0.15, 0.2) is 5.76 Å². The molecule has 0 unspecified atom stereocenters. The SMILES string of the molecule is Cc1ncc(-c2ccc(NC(=O)c3ccco3)cc2)[nH]1. The van der Waals surface area contributed by atoms with E-state index in [9.17, 15) is 4.79 Å². The summed E-state index contributed by atoms with van der Waals surface area (Å²) in [5.41, 5.74) is 2.68. The van der Waals surface area contributed by atoms with Crippen molar-refractivity contribution in [3.63, 3.8) is 0 Å². The van der Waals surface area contributed by atoms with Crippen molar-refractivity contribution >= 4 is 11.6 Å². The lowest BCUT2D eigenvalue weighted by atomic mass is 10.1. The van der Waals surface area contributed by atoms with Crippen molar-refractivity contribution in [2.45, 2.75) is 6.92 Å². The van der Waals surface area contributed by atoms with Crippen LogP contribution in [0, 0.1) is 6.92 Å². The average molecular weight is 267 g/mol. The number of aryl methyl sites for hydroxylation is 1. The summed E-state index contributed by atoms with van der Waals surface area (Å²) in [4.78, 5) is 19.1. The number of nitrogens with zero attached hydrogens (tertiary/aromatic N) is 1. The molecule has 5 heteroatoms. The molecule has 2 heterocycles. The molecule has 0 bridgehead atoms. The first-order chi connectivity index (χ1) is 9.72. The Morgan fingerprint density at radius 3 is 2.65 bits per heavy atom. The van der Waals surface area contributed by atoms with Crippen molar-refractivity contribution < 1.29 is 9.21 Å². The van der Waals surface area contributed by atoms with Gasteiger partial charge in [-0.25, -0.2) is 4.98 Å². The predicted octanol–water partition coefficient (Wildman–Crippen LogP) is 3.23. The van der Waals surface area contributed by atoms with Crippen molar-refractivity contribution in [3.8, 4) is 11.3 Å². The van der Waals surface area contributed by atoms with E-state index in [4.69, 9.17) is 4.42 Å². The molecule has 2 N–H and O–H groups in total. The highest BCUT2D eigenvalue weighted by atomic mass is 16.3. The number of imidazole rings is 1. The number of nitrogens with one attached hydrogen (secondary N) is 2. The van der Waals surface area contributed by atoms with E-state index >= 15 is 0 Å². The quantitative estimate of drug-likeness (QED) is 0.765. The van der Waals surface area contributed by atoms with E-state index in [1.807, 2.05) is 31.2 Å². The Balaban J connectivity index is 1.75. The van der Waals surface area contributed by atoms with Gasteiger partial charge in [0.05, 0.1) is 18.2 Å². The summed E-state index contributed by atoms with van der Waals surface area (Å²) >= 11 is 0. The molecule has 0 aliphatic heterocycles. The molecule has 2 aromatic heterocycles. The number of benzene rings is 1. The third-order valence-corrected chi connectivity index (χ3v) is 2.90. The largest absolute Gasteiger partial charge is 0.459 e. The molecule has 0 saturated carbocycles. The smallest absolute Gasteiger partial charge is 0.291 e. The molecule has 0 fully saturated rings. The molecular formula is C15H13N3O2. The summed E-state index contributed by atoms with van der Waals surface area (Å²) in [6.07, 6.45) is 3.25. The highest BCUT2D eigenvalue weighted by Crippen LogP contribution is 2.20. The summed E-state index contributed by atoms with van der Waals surface area (Å²) in [7, 11) is 0. The van der Waals surface area contributed by atoms with Gasteiger partial charge in [-0.2, -0.15) is 0 Å². The number of anilines is 1. The van der Waals surface area contributed by atoms with Crippen molar-refractivity contribution in [1.29, 1.82) is 0 Å². The number of aromatic amines is 1. The number of hydrogen-bond acceptors (Lipinski definition) is 3. The fraction of sp³-hybridized carbons (Fsp3) is 0.0667. The number of hydrogen-bond donors (Lipinski definition) is 2. The van der Waals surface area contributed by atoms with Crippen LogP contribution in [0.15, 0.2) is 53.3 Å². The van der Waals surface area contributed by atoms with Gasteiger partial charge in [-0.05, 0) is 36.8 Å². The predicted molar refractivity (Wildman–Crippen MR) is 75.4 cm³/mol. The molecule has 0 aliphatic carbocycles. The van der Waals surface area contributed by atoms with Crippen LogP contribution in [0.25, 0.3) is 11.3 Å². The number of carbonyl (C=O) groups is 1. The highest BCUT2D eigenvalue weighted by Gasteiger charge is 2.08. The number of aromatic nitrogens is 2. The van der Waals surface area contributed by atoms with Gasteiger partial charge in [0.25, 0.3) is 5.91 Å². The Bertz CT molecular complexity index is 712. The van der Waals surface area contributed by atoms with Gasteiger partial charge in [0, 0.05) is 5.69 Å². The van der Waals surface area contributed by atoms with E-state index in [1.54, 1.807) is 18.3 Å². The van der Waals surface area contributed by atoms with Crippen LogP contribution >= 0.6 is 0 Å². The number of H-pyrrole nitrogens is 1. The molecule has 0 aliphatic rings. The maximum Gasteiger partial charge on any atom is 0.291 e. The second-order valence-corrected chi connectivity index (χ2v) is 4.39. The third kappa shape index (κ3) is 2.47. The molecule has 20 heavy (non-hydrogen) atoms. The molecule has 0 saturated heterocycles. The molecular weight excluding hydrogens is 254 g/mol. The normalized spacial score (nSPS) is 10.4. The minimum absolute atomic E-state index is 0.264. The van der Waals surface area contributed by atoms with Gasteiger partial charge in [0.1, 0.15) is 5.82 Å². The lowest BCUT2D eigenvalue weighted by Gasteiger charge is -2.04. The Labute approximate surface area is 115 Å². The van der Waals surface area contributed by atoms with E-state index in [1.165, 1.54) is 6.26 Å². The van der Waals surface area contributed by atoms with E-state index < -0.39 is 0 Å². The first kappa shape index (κ1) is 12.2. The first-order valence-electron chi connectivity index (χ1n) is 6.19. The minimum Gasteiger partial charge on any atom is -0.459 e. The second kappa shape index (κ2) is 5.05. The molecule has 3 aromatic rings. The lowest BCUT2D eigenvalue weighted by molar-refractivity contribution is 0.0996. The Morgan fingerprint density at radius 2 is 2.05 bits per heavy atom. The maximum atomic E-state index is 11.8. The Hall–Kier alpha value is -2.82. The van der Waals surface area contributed by atoms with Gasteiger partial charge in [-0.3, -0.25) is 4.79 Å². The Morgan fingerprint density at radius 1 is 1.25 bits per heavy atom. The zero-order valence-electron chi connectivity index (χ0n) is 10.9. The van der Waals surface area contributed by atoms with Crippen LogP contribution in [0.1, 0.15) is 16.4 Å². The Kier molecular flexibility index (Phi) is 3.09. The molecule has 0 spiro atoms. The second-order valence-electron chi connectivity index (χ2n) is 4.39. The van der Waals surface area contributed by atoms with Gasteiger partial charge in [-0.15, -0.1) is 0 Å². The molecule has 1 aromatic carbocycles. The van der Waals surface area contributed by atoms with Gasteiger partial charge in [0.2, 0.25) is 0 Å². The van der Waals surface area contributed by atoms with Crippen LogP contribution in [0.5, 0.6) is 0 Å². The van der Waals surface area contributed by atoms with Crippen molar-refractivity contribution in [2.24, 2.45) is 0 Å². The van der Waals surface area contributed by atoms with Crippen LogP contribution in [0.4, 0.5) is 5.69 Å². The summed E-state index contributed by atoms with van der Waals surface area (Å²) in [6.45, 7) is 1.90. The van der Waals surface area contributed by atoms with Gasteiger partial charge >= 0.3 is 0 Å². The number of rotatable bonds is 3. The fourth-order valence-corrected chi connectivity index (χ4v) is 1.90. The van der Waals surface area contributed by atoms with Crippen LogP contribution in [0.2, 0.25) is 0 Å². The molecule has 3 rings (SSSR count). The van der Waals surface area contributed by atoms with Crippen LogP contribution in [-0.2, 0) is 0 Å². The zero-order chi connectivity index (χ0) is 13.9. The monoisotopic (exact) mass is 267 g/mol. The number of amides is 1. The first-order valence-corrected chi connectivity index (χ1v) is 6.19. The molecule has 0 radical (unpaired) electrons. The minimum atomic E-state index is -0.264. The van der Waals surface area contributed by atoms with E-state index in [2.05, 4.69) is 15.3 Å². The van der Waals surface area contributed by atoms with Crippen molar-refractivity contribution in [2.75, 3.05) is 5.32 Å². The van der Waals surface area contributed by atoms with E-state index in [0.29, 0.717) is 11.4 Å². The highest BCUT2D eigenvalue weighted by molar-refractivity contribution is 6.02. The van der Waals surface area contributed by atoms with Gasteiger partial charge < -0.3 is 14.7 Å². The topological polar surface area (TPSA) is 70.9 Å². The standard InChI is InChI=1S/C15H13N3O2/c1-10-16-9-13(17-10)11-4-6-12(7-5-11)18-15(19)14-3-2-8-20-14/h2-9H,1H3,(H,16,17)(H,18,19). The van der Waals surface area contributed by atoms with E-state index in [-0.39, 0.29) is 5.91 Å². The zero-order valence-corrected chi connectivity index (χ0v) is 10.9. The summed E-state index contributed by atoms with van der Waals surface area (Å²) < 4.78 is 5.04. The maximum absolute atomic E-state index is 11.8. The van der Waals surface area contributed by atoms with Crippen LogP contribution in [0.3, 0.4) is 0 Å². The van der Waals surface area contributed by atoms with Crippen molar-refractivity contribution in [1.82, 2.24) is 9.97 Å². The van der Waals surface area contributed by atoms with E-state index in [0.717, 1.165) is 17.1 Å². The summed E-state index contributed by atoms with van der Waals surface area (Å²) in [5.74, 6) is 0.897. The fourth-order valence-electron chi connectivity index (χ4n) is 1.90.